The van der Waals surface area contributed by atoms with Crippen molar-refractivity contribution >= 4 is 23.8 Å². The van der Waals surface area contributed by atoms with Gasteiger partial charge < -0.3 is 15.3 Å². The van der Waals surface area contributed by atoms with Crippen LogP contribution in [-0.4, -0.2) is 35.1 Å². The molecule has 1 aliphatic rings. The second-order valence-corrected chi connectivity index (χ2v) is 7.13. The molecule has 1 aliphatic heterocycles. The smallest absolute Gasteiger partial charge is 0.317 e. The van der Waals surface area contributed by atoms with Crippen LogP contribution in [0.3, 0.4) is 0 Å². The highest BCUT2D eigenvalue weighted by molar-refractivity contribution is 7.99. The number of rotatable bonds is 5. The Balaban J connectivity index is 1.49. The summed E-state index contributed by atoms with van der Waals surface area (Å²) in [4.78, 5) is 27.0. The van der Waals surface area contributed by atoms with Crippen LogP contribution in [0.2, 0.25) is 0 Å². The number of carboxylic acids is 1. The van der Waals surface area contributed by atoms with Crippen LogP contribution in [0, 0.1) is 5.92 Å². The van der Waals surface area contributed by atoms with Gasteiger partial charge in [0.05, 0.1) is 5.92 Å². The van der Waals surface area contributed by atoms with Gasteiger partial charge in [-0.1, -0.05) is 42.1 Å². The first-order valence-corrected chi connectivity index (χ1v) is 9.01. The summed E-state index contributed by atoms with van der Waals surface area (Å²) in [7, 11) is 0. The molecule has 3 rings (SSSR count). The lowest BCUT2D eigenvalue weighted by atomic mass is 10.1. The zero-order valence-electron chi connectivity index (χ0n) is 13.7. The molecule has 0 bridgehead atoms. The molecule has 1 heterocycles. The lowest BCUT2D eigenvalue weighted by Gasteiger charge is -2.16. The van der Waals surface area contributed by atoms with Crippen LogP contribution in [-0.2, 0) is 11.3 Å². The van der Waals surface area contributed by atoms with Crippen LogP contribution in [0.1, 0.15) is 12.0 Å². The van der Waals surface area contributed by atoms with Gasteiger partial charge in [-0.3, -0.25) is 4.79 Å². The maximum absolute atomic E-state index is 12.1. The minimum Gasteiger partial charge on any atom is -0.481 e. The normalized spacial score (nSPS) is 16.6. The number of amides is 2. The molecule has 1 fully saturated rings. The Morgan fingerprint density at radius 3 is 2.40 bits per heavy atom. The lowest BCUT2D eigenvalue weighted by molar-refractivity contribution is -0.141. The minimum atomic E-state index is -0.832. The van der Waals surface area contributed by atoms with Crippen LogP contribution in [0.5, 0.6) is 0 Å². The van der Waals surface area contributed by atoms with E-state index in [2.05, 4.69) is 17.4 Å². The first-order chi connectivity index (χ1) is 12.1. The molecule has 0 saturated carbocycles. The zero-order valence-corrected chi connectivity index (χ0v) is 14.5. The van der Waals surface area contributed by atoms with Crippen molar-refractivity contribution in [2.45, 2.75) is 22.8 Å². The summed E-state index contributed by atoms with van der Waals surface area (Å²) in [6.07, 6.45) is 0.522. The van der Waals surface area contributed by atoms with E-state index >= 15 is 0 Å². The summed E-state index contributed by atoms with van der Waals surface area (Å²) in [6.45, 7) is 1.21. The second kappa shape index (κ2) is 8.07. The average molecular weight is 356 g/mol. The van der Waals surface area contributed by atoms with Gasteiger partial charge in [-0.05, 0) is 36.2 Å². The van der Waals surface area contributed by atoms with Crippen molar-refractivity contribution < 1.29 is 14.7 Å². The highest BCUT2D eigenvalue weighted by Gasteiger charge is 2.30. The largest absolute Gasteiger partial charge is 0.481 e. The molecule has 0 radical (unpaired) electrons. The molecule has 0 spiro atoms. The van der Waals surface area contributed by atoms with Crippen molar-refractivity contribution in [1.29, 1.82) is 0 Å². The summed E-state index contributed by atoms with van der Waals surface area (Å²) in [5, 5.41) is 11.8. The Morgan fingerprint density at radius 2 is 1.76 bits per heavy atom. The van der Waals surface area contributed by atoms with E-state index in [1.54, 1.807) is 16.7 Å². The summed E-state index contributed by atoms with van der Waals surface area (Å²) < 4.78 is 0. The number of hydrogen-bond acceptors (Lipinski definition) is 3. The molecule has 25 heavy (non-hydrogen) atoms. The number of likely N-dealkylation sites (tertiary alicyclic amines) is 1. The van der Waals surface area contributed by atoms with Crippen LogP contribution < -0.4 is 5.32 Å². The number of hydrogen-bond donors (Lipinski definition) is 2. The van der Waals surface area contributed by atoms with Crippen LogP contribution in [0.4, 0.5) is 4.79 Å². The molecular weight excluding hydrogens is 336 g/mol. The van der Waals surface area contributed by atoms with E-state index in [0.29, 0.717) is 19.5 Å². The quantitative estimate of drug-likeness (QED) is 0.861. The summed E-state index contributed by atoms with van der Waals surface area (Å²) in [5.41, 5.74) is 1.01. The van der Waals surface area contributed by atoms with Gasteiger partial charge in [0.1, 0.15) is 0 Å². The van der Waals surface area contributed by atoms with Crippen LogP contribution in [0.25, 0.3) is 0 Å². The maximum Gasteiger partial charge on any atom is 0.317 e. The number of aliphatic carboxylic acids is 1. The molecule has 2 N–H and O–H groups in total. The third-order valence-corrected chi connectivity index (χ3v) is 5.19. The van der Waals surface area contributed by atoms with Crippen LogP contribution >= 0.6 is 11.8 Å². The molecule has 1 atom stereocenters. The van der Waals surface area contributed by atoms with Gasteiger partial charge in [0.25, 0.3) is 0 Å². The van der Waals surface area contributed by atoms with Crippen molar-refractivity contribution in [2.75, 3.05) is 13.1 Å². The fourth-order valence-electron chi connectivity index (χ4n) is 2.74. The van der Waals surface area contributed by atoms with Gasteiger partial charge in [-0.15, -0.1) is 0 Å². The molecule has 2 aromatic rings. The summed E-state index contributed by atoms with van der Waals surface area (Å²) in [5.74, 6) is -1.28. The molecule has 2 amide bonds. The molecule has 5 nitrogen and oxygen atoms in total. The highest BCUT2D eigenvalue weighted by atomic mass is 32.2. The van der Waals surface area contributed by atoms with Crippen LogP contribution in [0.15, 0.2) is 64.4 Å². The molecular formula is C19H20N2O3S. The first-order valence-electron chi connectivity index (χ1n) is 8.19. The van der Waals surface area contributed by atoms with E-state index < -0.39 is 11.9 Å². The Hall–Kier alpha value is -2.47. The van der Waals surface area contributed by atoms with Crippen molar-refractivity contribution in [3.05, 3.63) is 60.2 Å². The lowest BCUT2D eigenvalue weighted by Crippen LogP contribution is -2.38. The monoisotopic (exact) mass is 356 g/mol. The van der Waals surface area contributed by atoms with Gasteiger partial charge in [0.15, 0.2) is 0 Å². The van der Waals surface area contributed by atoms with E-state index in [1.165, 1.54) is 4.90 Å². The van der Waals surface area contributed by atoms with E-state index in [4.69, 9.17) is 5.11 Å². The van der Waals surface area contributed by atoms with Crippen molar-refractivity contribution in [1.82, 2.24) is 10.2 Å². The Kier molecular flexibility index (Phi) is 5.60. The van der Waals surface area contributed by atoms with Crippen molar-refractivity contribution in [3.63, 3.8) is 0 Å². The third-order valence-electron chi connectivity index (χ3n) is 4.17. The molecule has 1 saturated heterocycles. The number of nitrogens with one attached hydrogen (secondary N) is 1. The van der Waals surface area contributed by atoms with E-state index in [-0.39, 0.29) is 12.6 Å². The standard InChI is InChI=1S/C19H20N2O3S/c22-18(23)15-10-11-21(13-15)19(24)20-12-14-6-8-17(9-7-14)25-16-4-2-1-3-5-16/h1-9,15H,10-13H2,(H,20,24)(H,22,23). The summed E-state index contributed by atoms with van der Waals surface area (Å²) >= 11 is 1.69. The molecule has 1 unspecified atom stereocenters. The summed E-state index contributed by atoms with van der Waals surface area (Å²) in [6, 6.07) is 18.0. The molecule has 6 heteroatoms. The number of carbonyl (C=O) groups is 2. The molecule has 0 aromatic heterocycles. The van der Waals surface area contributed by atoms with Gasteiger partial charge in [0, 0.05) is 29.4 Å². The Bertz CT molecular complexity index is 734. The zero-order chi connectivity index (χ0) is 17.6. The fraction of sp³-hybridized carbons (Fsp3) is 0.263. The van der Waals surface area contributed by atoms with Crippen molar-refractivity contribution in [3.8, 4) is 0 Å². The maximum atomic E-state index is 12.1. The highest BCUT2D eigenvalue weighted by Crippen LogP contribution is 2.27. The molecule has 0 aliphatic carbocycles. The Labute approximate surface area is 151 Å². The molecule has 2 aromatic carbocycles. The molecule has 130 valence electrons. The second-order valence-electron chi connectivity index (χ2n) is 5.99. The van der Waals surface area contributed by atoms with Gasteiger partial charge in [-0.25, -0.2) is 4.79 Å². The van der Waals surface area contributed by atoms with Crippen molar-refractivity contribution in [2.24, 2.45) is 5.92 Å². The fourth-order valence-corrected chi connectivity index (χ4v) is 3.57. The number of carboxylic acid groups (broad SMARTS) is 1. The first kappa shape index (κ1) is 17.4. The van der Waals surface area contributed by atoms with E-state index in [1.807, 2.05) is 42.5 Å². The number of nitrogens with zero attached hydrogens (tertiary/aromatic N) is 1. The average Bonchev–Trinajstić information content (AvgIpc) is 3.12. The number of urea groups is 1. The number of carbonyl (C=O) groups excluding carboxylic acids is 1. The van der Waals surface area contributed by atoms with Gasteiger partial charge in [0.2, 0.25) is 0 Å². The van der Waals surface area contributed by atoms with Gasteiger partial charge in [-0.2, -0.15) is 0 Å². The third kappa shape index (κ3) is 4.76. The topological polar surface area (TPSA) is 69.6 Å². The predicted molar refractivity (Wildman–Crippen MR) is 96.6 cm³/mol. The minimum absolute atomic E-state index is 0.202. The van der Waals surface area contributed by atoms with Gasteiger partial charge >= 0.3 is 12.0 Å². The number of benzene rings is 2. The predicted octanol–water partition coefficient (Wildman–Crippen LogP) is 3.45. The van der Waals surface area contributed by atoms with E-state index in [9.17, 15) is 9.59 Å². The SMILES string of the molecule is O=C(O)C1CCN(C(=O)NCc2ccc(Sc3ccccc3)cc2)C1. The van der Waals surface area contributed by atoms with E-state index in [0.717, 1.165) is 10.5 Å². The Morgan fingerprint density at radius 1 is 1.08 bits per heavy atom.